The van der Waals surface area contributed by atoms with Gasteiger partial charge in [0.05, 0.1) is 4.92 Å². The zero-order chi connectivity index (χ0) is 10.3. The second-order valence-electron chi connectivity index (χ2n) is 1.85. The van der Waals surface area contributed by atoms with Crippen LogP contribution in [0.4, 0.5) is 5.69 Å². The average Bonchev–Trinajstić information content (AvgIpc) is 2.05. The van der Waals surface area contributed by atoms with Crippen molar-refractivity contribution in [1.82, 2.24) is 0 Å². The Morgan fingerprint density at radius 2 is 1.47 bits per heavy atom. The summed E-state index contributed by atoms with van der Waals surface area (Å²) in [6.45, 7) is 0. The molecule has 0 saturated heterocycles. The molecular weight excluding hydrogens is 268 g/mol. The molecule has 0 heterocycles. The van der Waals surface area contributed by atoms with Gasteiger partial charge in [0.15, 0.2) is 0 Å². The van der Waals surface area contributed by atoms with E-state index in [4.69, 9.17) is 14.4 Å². The highest BCUT2D eigenvalue weighted by Gasteiger charge is 1.98. The first-order chi connectivity index (χ1) is 6.04. The molecule has 0 aliphatic carbocycles. The summed E-state index contributed by atoms with van der Waals surface area (Å²) < 4.78 is 8.70. The Morgan fingerprint density at radius 3 is 1.67 bits per heavy atom. The van der Waals surface area contributed by atoms with Crippen LogP contribution in [0.15, 0.2) is 30.3 Å². The number of para-hydroxylation sites is 1. The van der Waals surface area contributed by atoms with Crippen LogP contribution < -0.4 is 0 Å². The highest BCUT2D eigenvalue weighted by molar-refractivity contribution is 7.30. The van der Waals surface area contributed by atoms with Crippen molar-refractivity contribution in [1.29, 1.82) is 0 Å². The van der Waals surface area contributed by atoms with E-state index in [0.29, 0.717) is 0 Å². The van der Waals surface area contributed by atoms with E-state index in [1.165, 1.54) is 12.1 Å². The van der Waals surface area contributed by atoms with Crippen LogP contribution in [0.25, 0.3) is 0 Å². The lowest BCUT2D eigenvalue weighted by molar-refractivity contribution is -0.384. The number of benzene rings is 1. The van der Waals surface area contributed by atoms with E-state index >= 15 is 0 Å². The topological polar surface area (TPSA) is 101 Å². The Kier molecular flexibility index (Phi) is 14.9. The predicted octanol–water partition coefficient (Wildman–Crippen LogP) is 2.07. The molecular formula is C6H9Cl2NO5P+. The average molecular weight is 277 g/mol. The Labute approximate surface area is 98.9 Å². The molecule has 9 heteroatoms. The molecule has 0 unspecified atom stereocenters. The van der Waals surface area contributed by atoms with Gasteiger partial charge in [-0.15, -0.1) is 34.6 Å². The maximum absolute atomic E-state index is 10.0. The Hall–Kier alpha value is -0.780. The molecule has 0 aliphatic heterocycles. The molecule has 2 N–H and O–H groups in total. The monoisotopic (exact) mass is 276 g/mol. The molecule has 15 heavy (non-hydrogen) atoms. The molecule has 0 aliphatic rings. The molecule has 0 spiro atoms. The van der Waals surface area contributed by atoms with Gasteiger partial charge in [0.25, 0.3) is 5.69 Å². The fraction of sp³-hybridized carbons (Fsp3) is 0. The van der Waals surface area contributed by atoms with Crippen LogP contribution in [0.3, 0.4) is 0 Å². The van der Waals surface area contributed by atoms with Gasteiger partial charge in [-0.2, -0.15) is 0 Å². The first-order valence-electron chi connectivity index (χ1n) is 3.08. The van der Waals surface area contributed by atoms with Gasteiger partial charge in [-0.05, 0) is 0 Å². The third-order valence-corrected chi connectivity index (χ3v) is 0.967. The minimum atomic E-state index is -2.87. The van der Waals surface area contributed by atoms with Gasteiger partial charge in [-0.1, -0.05) is 18.2 Å². The summed E-state index contributed by atoms with van der Waals surface area (Å²) in [7, 11) is -2.87. The molecule has 86 valence electrons. The molecule has 1 aromatic carbocycles. The van der Waals surface area contributed by atoms with E-state index < -0.39 is 13.2 Å². The quantitative estimate of drug-likeness (QED) is 0.465. The van der Waals surface area contributed by atoms with Crippen LogP contribution in [0.1, 0.15) is 0 Å². The number of nitro benzene ring substituents is 1. The highest BCUT2D eigenvalue weighted by atomic mass is 35.5. The van der Waals surface area contributed by atoms with Crippen molar-refractivity contribution in [2.24, 2.45) is 0 Å². The molecule has 0 atom stereocenters. The summed E-state index contributed by atoms with van der Waals surface area (Å²) in [4.78, 5) is 23.8. The SMILES string of the molecule is Cl.Cl.O=[N+]([O-])c1ccccc1.O=[P+](O)O. The molecule has 1 aromatic rings. The molecule has 0 radical (unpaired) electrons. The third kappa shape index (κ3) is 13.2. The van der Waals surface area contributed by atoms with Crippen LogP contribution in [-0.2, 0) is 4.57 Å². The number of rotatable bonds is 1. The van der Waals surface area contributed by atoms with Gasteiger partial charge in [0.1, 0.15) is 0 Å². The fourth-order valence-electron chi connectivity index (χ4n) is 0.550. The zero-order valence-electron chi connectivity index (χ0n) is 7.22. The largest absolute Gasteiger partial charge is 0.692 e. The Bertz CT molecular complexity index is 293. The first-order valence-corrected chi connectivity index (χ1v) is 4.25. The van der Waals surface area contributed by atoms with Gasteiger partial charge in [-0.3, -0.25) is 10.1 Å². The molecule has 0 aromatic heterocycles. The number of halogens is 2. The van der Waals surface area contributed by atoms with Crippen LogP contribution in [0.2, 0.25) is 0 Å². The summed E-state index contributed by atoms with van der Waals surface area (Å²) in [5.41, 5.74) is 0.137. The van der Waals surface area contributed by atoms with E-state index in [1.807, 2.05) is 0 Å². The van der Waals surface area contributed by atoms with Crippen LogP contribution in [0.5, 0.6) is 0 Å². The highest BCUT2D eigenvalue weighted by Crippen LogP contribution is 2.06. The predicted molar refractivity (Wildman–Crippen MR) is 59.6 cm³/mol. The number of hydrogen-bond donors (Lipinski definition) is 2. The summed E-state index contributed by atoms with van der Waals surface area (Å²) in [6.07, 6.45) is 0. The number of nitrogens with zero attached hydrogens (tertiary/aromatic N) is 1. The summed E-state index contributed by atoms with van der Waals surface area (Å²) in [6, 6.07) is 7.93. The first kappa shape index (κ1) is 19.7. The normalized spacial score (nSPS) is 7.07. The second kappa shape index (κ2) is 11.3. The lowest BCUT2D eigenvalue weighted by Crippen LogP contribution is -1.84. The van der Waals surface area contributed by atoms with E-state index in [9.17, 15) is 10.1 Å². The van der Waals surface area contributed by atoms with E-state index in [1.54, 1.807) is 18.2 Å². The van der Waals surface area contributed by atoms with Gasteiger partial charge >= 0.3 is 8.25 Å². The molecule has 0 fully saturated rings. The molecule has 0 bridgehead atoms. The van der Waals surface area contributed by atoms with Crippen LogP contribution in [0, 0.1) is 10.1 Å². The number of hydrogen-bond acceptors (Lipinski definition) is 3. The van der Waals surface area contributed by atoms with Crippen molar-refractivity contribution in [3.8, 4) is 0 Å². The summed E-state index contributed by atoms with van der Waals surface area (Å²) >= 11 is 0. The maximum Gasteiger partial charge on any atom is 0.692 e. The summed E-state index contributed by atoms with van der Waals surface area (Å²) in [5, 5.41) is 10.0. The van der Waals surface area contributed by atoms with E-state index in [2.05, 4.69) is 0 Å². The molecule has 1 rings (SSSR count). The van der Waals surface area contributed by atoms with Gasteiger partial charge in [0.2, 0.25) is 0 Å². The van der Waals surface area contributed by atoms with E-state index in [0.717, 1.165) is 0 Å². The minimum Gasteiger partial charge on any atom is -0.258 e. The Morgan fingerprint density at radius 1 is 1.13 bits per heavy atom. The van der Waals surface area contributed by atoms with Crippen molar-refractivity contribution in [3.05, 3.63) is 40.4 Å². The fourth-order valence-corrected chi connectivity index (χ4v) is 0.550. The van der Waals surface area contributed by atoms with Crippen molar-refractivity contribution in [2.45, 2.75) is 0 Å². The van der Waals surface area contributed by atoms with E-state index in [-0.39, 0.29) is 30.5 Å². The standard InChI is InChI=1S/C6H5NO2.2ClH.HO3P/c8-7(9)6-4-2-1-3-5-6;;;1-4(2)3/h1-5H;2*1H;(H-,1,2,3)/p+1. The van der Waals surface area contributed by atoms with Gasteiger partial charge in [-0.25, -0.2) is 0 Å². The maximum atomic E-state index is 10.0. The second-order valence-corrected chi connectivity index (χ2v) is 2.35. The number of non-ortho nitro benzene ring substituents is 1. The lowest BCUT2D eigenvalue weighted by Gasteiger charge is -1.85. The van der Waals surface area contributed by atoms with Crippen molar-refractivity contribution >= 4 is 38.8 Å². The van der Waals surface area contributed by atoms with Crippen molar-refractivity contribution < 1.29 is 19.3 Å². The zero-order valence-corrected chi connectivity index (χ0v) is 9.74. The third-order valence-electron chi connectivity index (χ3n) is 0.967. The van der Waals surface area contributed by atoms with Crippen molar-refractivity contribution in [3.63, 3.8) is 0 Å². The molecule has 6 nitrogen and oxygen atoms in total. The van der Waals surface area contributed by atoms with Crippen LogP contribution in [-0.4, -0.2) is 14.7 Å². The molecule has 0 saturated carbocycles. The van der Waals surface area contributed by atoms with Crippen LogP contribution >= 0.6 is 33.1 Å². The minimum absolute atomic E-state index is 0. The number of nitro groups is 1. The van der Waals surface area contributed by atoms with Gasteiger partial charge in [0, 0.05) is 16.7 Å². The van der Waals surface area contributed by atoms with Crippen molar-refractivity contribution in [2.75, 3.05) is 0 Å². The summed E-state index contributed by atoms with van der Waals surface area (Å²) in [5.74, 6) is 0. The van der Waals surface area contributed by atoms with Gasteiger partial charge < -0.3 is 0 Å². The lowest BCUT2D eigenvalue weighted by atomic mass is 10.3. The molecule has 0 amide bonds. The Balaban J connectivity index is -0.000000213. The smallest absolute Gasteiger partial charge is 0.258 e.